The molecule has 20 heavy (non-hydrogen) atoms. The molecule has 4 nitrogen and oxygen atoms in total. The SMILES string of the molecule is CCC(=O)NCc1ccc(OC)cc1OC1CCCC1. The summed E-state index contributed by atoms with van der Waals surface area (Å²) in [6.45, 7) is 2.35. The highest BCUT2D eigenvalue weighted by Gasteiger charge is 2.18. The van der Waals surface area contributed by atoms with Crippen molar-refractivity contribution in [3.8, 4) is 11.5 Å². The number of nitrogens with one attached hydrogen (secondary N) is 1. The lowest BCUT2D eigenvalue weighted by Gasteiger charge is -2.17. The summed E-state index contributed by atoms with van der Waals surface area (Å²) in [5.74, 6) is 1.66. The minimum atomic E-state index is 0.0487. The molecule has 0 unspecified atom stereocenters. The quantitative estimate of drug-likeness (QED) is 0.869. The van der Waals surface area contributed by atoms with Crippen LogP contribution in [0.3, 0.4) is 0 Å². The van der Waals surface area contributed by atoms with Crippen molar-refractivity contribution in [2.45, 2.75) is 51.7 Å². The van der Waals surface area contributed by atoms with Crippen molar-refractivity contribution >= 4 is 5.91 Å². The van der Waals surface area contributed by atoms with Gasteiger partial charge in [-0.1, -0.05) is 6.92 Å². The first-order valence-corrected chi connectivity index (χ1v) is 7.33. The van der Waals surface area contributed by atoms with Gasteiger partial charge in [0.05, 0.1) is 13.2 Å². The van der Waals surface area contributed by atoms with Gasteiger partial charge >= 0.3 is 0 Å². The van der Waals surface area contributed by atoms with E-state index in [1.807, 2.05) is 25.1 Å². The molecule has 2 rings (SSSR count). The number of ether oxygens (including phenoxy) is 2. The largest absolute Gasteiger partial charge is 0.497 e. The highest BCUT2D eigenvalue weighted by atomic mass is 16.5. The summed E-state index contributed by atoms with van der Waals surface area (Å²) in [4.78, 5) is 11.4. The molecule has 110 valence electrons. The fourth-order valence-electron chi connectivity index (χ4n) is 2.42. The number of rotatable bonds is 6. The van der Waals surface area contributed by atoms with Crippen LogP contribution in [0.2, 0.25) is 0 Å². The van der Waals surface area contributed by atoms with Gasteiger partial charge in [-0.3, -0.25) is 4.79 Å². The average Bonchev–Trinajstić information content (AvgIpc) is 2.98. The lowest BCUT2D eigenvalue weighted by atomic mass is 10.1. The third-order valence-electron chi connectivity index (χ3n) is 3.67. The normalized spacial score (nSPS) is 15.1. The van der Waals surface area contributed by atoms with E-state index >= 15 is 0 Å². The summed E-state index contributed by atoms with van der Waals surface area (Å²) < 4.78 is 11.3. The van der Waals surface area contributed by atoms with Crippen LogP contribution in [0, 0.1) is 0 Å². The van der Waals surface area contributed by atoms with Crippen LogP contribution in [0.4, 0.5) is 0 Å². The van der Waals surface area contributed by atoms with Gasteiger partial charge in [-0.25, -0.2) is 0 Å². The number of carbonyl (C=O) groups is 1. The first kappa shape index (κ1) is 14.7. The molecule has 1 aliphatic rings. The predicted octanol–water partition coefficient (Wildman–Crippen LogP) is 3.04. The van der Waals surface area contributed by atoms with Gasteiger partial charge in [0.1, 0.15) is 11.5 Å². The van der Waals surface area contributed by atoms with Gasteiger partial charge in [-0.15, -0.1) is 0 Å². The molecule has 0 aromatic heterocycles. The molecule has 1 amide bonds. The zero-order valence-electron chi connectivity index (χ0n) is 12.3. The Morgan fingerprint density at radius 3 is 2.75 bits per heavy atom. The third kappa shape index (κ3) is 3.89. The Bertz CT molecular complexity index is 453. The molecule has 1 fully saturated rings. The Kier molecular flexibility index (Phi) is 5.27. The van der Waals surface area contributed by atoms with Gasteiger partial charge in [0, 0.05) is 24.6 Å². The Morgan fingerprint density at radius 1 is 1.35 bits per heavy atom. The Labute approximate surface area is 120 Å². The van der Waals surface area contributed by atoms with E-state index < -0.39 is 0 Å². The summed E-state index contributed by atoms with van der Waals surface area (Å²) in [7, 11) is 1.65. The van der Waals surface area contributed by atoms with Crippen molar-refractivity contribution in [2.75, 3.05) is 7.11 Å². The lowest BCUT2D eigenvalue weighted by molar-refractivity contribution is -0.120. The number of methoxy groups -OCH3 is 1. The van der Waals surface area contributed by atoms with Crippen LogP contribution in [0.15, 0.2) is 18.2 Å². The summed E-state index contributed by atoms with van der Waals surface area (Å²) in [6, 6.07) is 5.76. The number of carbonyl (C=O) groups excluding carboxylic acids is 1. The monoisotopic (exact) mass is 277 g/mol. The summed E-state index contributed by atoms with van der Waals surface area (Å²) >= 11 is 0. The zero-order valence-corrected chi connectivity index (χ0v) is 12.3. The van der Waals surface area contributed by atoms with Crippen molar-refractivity contribution in [2.24, 2.45) is 0 Å². The second-order valence-corrected chi connectivity index (χ2v) is 5.13. The Balaban J connectivity index is 2.09. The van der Waals surface area contributed by atoms with Crippen LogP contribution in [0.1, 0.15) is 44.6 Å². The zero-order chi connectivity index (χ0) is 14.4. The molecule has 0 spiro atoms. The predicted molar refractivity (Wildman–Crippen MR) is 78.0 cm³/mol. The van der Waals surface area contributed by atoms with Crippen molar-refractivity contribution < 1.29 is 14.3 Å². The smallest absolute Gasteiger partial charge is 0.219 e. The van der Waals surface area contributed by atoms with Crippen LogP contribution in [0.25, 0.3) is 0 Å². The maximum atomic E-state index is 11.4. The molecule has 0 saturated heterocycles. The van der Waals surface area contributed by atoms with E-state index in [1.165, 1.54) is 12.8 Å². The first-order valence-electron chi connectivity index (χ1n) is 7.33. The molecular formula is C16H23NO3. The third-order valence-corrected chi connectivity index (χ3v) is 3.67. The summed E-state index contributed by atoms with van der Waals surface area (Å²) in [6.07, 6.45) is 5.47. The van der Waals surface area contributed by atoms with Crippen LogP contribution in [-0.4, -0.2) is 19.1 Å². The van der Waals surface area contributed by atoms with Gasteiger partial charge in [0.25, 0.3) is 0 Å². The maximum Gasteiger partial charge on any atom is 0.219 e. The number of hydrogen-bond acceptors (Lipinski definition) is 3. The fourth-order valence-corrected chi connectivity index (χ4v) is 2.42. The average molecular weight is 277 g/mol. The number of benzene rings is 1. The fraction of sp³-hybridized carbons (Fsp3) is 0.562. The van der Waals surface area contributed by atoms with Crippen LogP contribution < -0.4 is 14.8 Å². The second-order valence-electron chi connectivity index (χ2n) is 5.13. The van der Waals surface area contributed by atoms with E-state index in [2.05, 4.69) is 5.32 Å². The highest BCUT2D eigenvalue weighted by molar-refractivity contribution is 5.75. The Hall–Kier alpha value is -1.71. The standard InChI is InChI=1S/C16H23NO3/c1-3-16(18)17-11-12-8-9-14(19-2)10-15(12)20-13-6-4-5-7-13/h8-10,13H,3-7,11H2,1-2H3,(H,17,18). The van der Waals surface area contributed by atoms with E-state index in [9.17, 15) is 4.79 Å². The molecule has 1 aliphatic carbocycles. The molecule has 4 heteroatoms. The number of amides is 1. The van der Waals surface area contributed by atoms with Gasteiger partial charge in [0.2, 0.25) is 5.91 Å². The van der Waals surface area contributed by atoms with E-state index in [0.29, 0.717) is 19.1 Å². The van der Waals surface area contributed by atoms with Crippen LogP contribution in [0.5, 0.6) is 11.5 Å². The summed E-state index contributed by atoms with van der Waals surface area (Å²) in [5.41, 5.74) is 1.000. The molecule has 1 aromatic rings. The molecular weight excluding hydrogens is 254 g/mol. The first-order chi connectivity index (χ1) is 9.72. The molecule has 1 aromatic carbocycles. The maximum absolute atomic E-state index is 11.4. The van der Waals surface area contributed by atoms with Gasteiger partial charge in [-0.2, -0.15) is 0 Å². The van der Waals surface area contributed by atoms with E-state index in [1.54, 1.807) is 7.11 Å². The Morgan fingerprint density at radius 2 is 2.10 bits per heavy atom. The van der Waals surface area contributed by atoms with Crippen LogP contribution >= 0.6 is 0 Å². The van der Waals surface area contributed by atoms with Gasteiger partial charge in [0.15, 0.2) is 0 Å². The second kappa shape index (κ2) is 7.17. The topological polar surface area (TPSA) is 47.6 Å². The van der Waals surface area contributed by atoms with Crippen LogP contribution in [-0.2, 0) is 11.3 Å². The molecule has 1 saturated carbocycles. The van der Waals surface area contributed by atoms with Crippen molar-refractivity contribution in [1.29, 1.82) is 0 Å². The molecule has 0 radical (unpaired) electrons. The highest BCUT2D eigenvalue weighted by Crippen LogP contribution is 2.29. The van der Waals surface area contributed by atoms with E-state index in [4.69, 9.17) is 9.47 Å². The molecule has 0 bridgehead atoms. The van der Waals surface area contributed by atoms with E-state index in [-0.39, 0.29) is 5.91 Å². The van der Waals surface area contributed by atoms with E-state index in [0.717, 1.165) is 29.9 Å². The summed E-state index contributed by atoms with van der Waals surface area (Å²) in [5, 5.41) is 2.89. The van der Waals surface area contributed by atoms with Crippen molar-refractivity contribution in [1.82, 2.24) is 5.32 Å². The molecule has 0 atom stereocenters. The van der Waals surface area contributed by atoms with Crippen molar-refractivity contribution in [3.63, 3.8) is 0 Å². The molecule has 0 heterocycles. The lowest BCUT2D eigenvalue weighted by Crippen LogP contribution is -2.22. The molecule has 1 N–H and O–H groups in total. The number of hydrogen-bond donors (Lipinski definition) is 1. The minimum Gasteiger partial charge on any atom is -0.497 e. The minimum absolute atomic E-state index is 0.0487. The van der Waals surface area contributed by atoms with Crippen molar-refractivity contribution in [3.05, 3.63) is 23.8 Å². The van der Waals surface area contributed by atoms with Gasteiger partial charge < -0.3 is 14.8 Å². The molecule has 0 aliphatic heterocycles. The van der Waals surface area contributed by atoms with Gasteiger partial charge in [-0.05, 0) is 37.8 Å².